The first-order valence-corrected chi connectivity index (χ1v) is 10.0. The second-order valence-electron chi connectivity index (χ2n) is 8.23. The number of nitrogens with zero attached hydrogens (tertiary/aromatic N) is 3. The van der Waals surface area contributed by atoms with Crippen molar-refractivity contribution in [3.63, 3.8) is 0 Å². The van der Waals surface area contributed by atoms with Crippen molar-refractivity contribution in [1.82, 2.24) is 20.4 Å². The lowest BCUT2D eigenvalue weighted by atomic mass is 9.79. The molecular formula is C19H35N5O. The zero-order valence-electron chi connectivity index (χ0n) is 16.0. The van der Waals surface area contributed by atoms with Gasteiger partial charge in [0.2, 0.25) is 5.91 Å². The highest BCUT2D eigenvalue weighted by atomic mass is 16.1. The molecule has 1 atom stereocenters. The minimum absolute atomic E-state index is 0.117. The SMILES string of the molecule is CN=C(NCCN(C)C1CCCCC1)N1CCCC2(CNC(=O)C2)C1. The number of nitrogens with one attached hydrogen (secondary N) is 2. The van der Waals surface area contributed by atoms with Crippen molar-refractivity contribution in [2.24, 2.45) is 10.4 Å². The highest BCUT2D eigenvalue weighted by Gasteiger charge is 2.42. The molecule has 1 amide bonds. The number of piperidine rings is 1. The van der Waals surface area contributed by atoms with Crippen LogP contribution in [0.2, 0.25) is 0 Å². The third-order valence-electron chi connectivity index (χ3n) is 6.31. The average Bonchev–Trinajstić information content (AvgIpc) is 2.99. The summed E-state index contributed by atoms with van der Waals surface area (Å²) in [4.78, 5) is 21.0. The van der Waals surface area contributed by atoms with E-state index < -0.39 is 0 Å². The van der Waals surface area contributed by atoms with Gasteiger partial charge in [0.05, 0.1) is 0 Å². The molecule has 2 aliphatic heterocycles. The Morgan fingerprint density at radius 2 is 2.16 bits per heavy atom. The van der Waals surface area contributed by atoms with Gasteiger partial charge < -0.3 is 20.4 Å². The van der Waals surface area contributed by atoms with Crippen LogP contribution in [0.1, 0.15) is 51.4 Å². The Morgan fingerprint density at radius 3 is 2.84 bits per heavy atom. The summed E-state index contributed by atoms with van der Waals surface area (Å²) in [6.07, 6.45) is 9.82. The Bertz CT molecular complexity index is 488. The van der Waals surface area contributed by atoms with E-state index >= 15 is 0 Å². The van der Waals surface area contributed by atoms with E-state index in [9.17, 15) is 4.79 Å². The lowest BCUT2D eigenvalue weighted by Crippen LogP contribution is -2.52. The van der Waals surface area contributed by atoms with Gasteiger partial charge in [0.25, 0.3) is 0 Å². The molecular weight excluding hydrogens is 314 g/mol. The molecule has 2 heterocycles. The number of aliphatic imine (C=N–C) groups is 1. The van der Waals surface area contributed by atoms with Gasteiger partial charge in [-0.2, -0.15) is 0 Å². The molecule has 0 bridgehead atoms. The fourth-order valence-corrected chi connectivity index (χ4v) is 4.81. The van der Waals surface area contributed by atoms with E-state index in [-0.39, 0.29) is 11.3 Å². The number of amides is 1. The van der Waals surface area contributed by atoms with Crippen LogP contribution < -0.4 is 10.6 Å². The van der Waals surface area contributed by atoms with Gasteiger partial charge in [-0.3, -0.25) is 9.79 Å². The molecule has 6 heteroatoms. The third-order valence-corrected chi connectivity index (χ3v) is 6.31. The summed E-state index contributed by atoms with van der Waals surface area (Å²) >= 11 is 0. The summed E-state index contributed by atoms with van der Waals surface area (Å²) < 4.78 is 0. The maximum absolute atomic E-state index is 11.7. The normalized spacial score (nSPS) is 28.7. The van der Waals surface area contributed by atoms with Crippen molar-refractivity contribution >= 4 is 11.9 Å². The van der Waals surface area contributed by atoms with Crippen LogP contribution in [-0.2, 0) is 4.79 Å². The predicted octanol–water partition coefficient (Wildman–Crippen LogP) is 1.43. The highest BCUT2D eigenvalue weighted by molar-refractivity contribution is 5.81. The molecule has 142 valence electrons. The van der Waals surface area contributed by atoms with E-state index in [0.29, 0.717) is 6.42 Å². The number of likely N-dealkylation sites (tertiary alicyclic amines) is 1. The molecule has 0 radical (unpaired) electrons. The maximum atomic E-state index is 11.7. The van der Waals surface area contributed by atoms with E-state index in [4.69, 9.17) is 0 Å². The number of carbonyl (C=O) groups excluding carboxylic acids is 1. The molecule has 0 aromatic carbocycles. The maximum Gasteiger partial charge on any atom is 0.220 e. The number of rotatable bonds is 4. The molecule has 0 aromatic rings. The first-order valence-electron chi connectivity index (χ1n) is 10.0. The molecule has 0 aromatic heterocycles. The highest BCUT2D eigenvalue weighted by Crippen LogP contribution is 2.35. The largest absolute Gasteiger partial charge is 0.355 e. The van der Waals surface area contributed by atoms with Crippen molar-refractivity contribution in [2.45, 2.75) is 57.4 Å². The van der Waals surface area contributed by atoms with Crippen LogP contribution in [0.5, 0.6) is 0 Å². The summed E-state index contributed by atoms with van der Waals surface area (Å²) in [5.41, 5.74) is 0.117. The van der Waals surface area contributed by atoms with Crippen molar-refractivity contribution in [2.75, 3.05) is 46.8 Å². The van der Waals surface area contributed by atoms with Crippen molar-refractivity contribution in [1.29, 1.82) is 0 Å². The Kier molecular flexibility index (Phi) is 6.20. The van der Waals surface area contributed by atoms with Crippen molar-refractivity contribution in [3.8, 4) is 0 Å². The zero-order chi connectivity index (χ0) is 17.7. The number of hydrogen-bond acceptors (Lipinski definition) is 3. The van der Waals surface area contributed by atoms with Gasteiger partial charge in [-0.05, 0) is 32.7 Å². The molecule has 2 saturated heterocycles. The van der Waals surface area contributed by atoms with Crippen LogP contribution in [0.4, 0.5) is 0 Å². The monoisotopic (exact) mass is 349 g/mol. The number of carbonyl (C=O) groups is 1. The minimum Gasteiger partial charge on any atom is -0.355 e. The van der Waals surface area contributed by atoms with Crippen molar-refractivity contribution in [3.05, 3.63) is 0 Å². The zero-order valence-corrected chi connectivity index (χ0v) is 16.0. The first kappa shape index (κ1) is 18.5. The molecule has 3 fully saturated rings. The van der Waals surface area contributed by atoms with Gasteiger partial charge in [-0.1, -0.05) is 19.3 Å². The average molecular weight is 350 g/mol. The predicted molar refractivity (Wildman–Crippen MR) is 102 cm³/mol. The number of hydrogen-bond donors (Lipinski definition) is 2. The Labute approximate surface area is 152 Å². The van der Waals surface area contributed by atoms with E-state index in [0.717, 1.165) is 57.6 Å². The van der Waals surface area contributed by atoms with Gasteiger partial charge in [0.1, 0.15) is 0 Å². The molecule has 6 nitrogen and oxygen atoms in total. The quantitative estimate of drug-likeness (QED) is 0.595. The van der Waals surface area contributed by atoms with E-state index in [1.165, 1.54) is 32.1 Å². The summed E-state index contributed by atoms with van der Waals surface area (Å²) in [7, 11) is 4.12. The van der Waals surface area contributed by atoms with E-state index in [1.807, 2.05) is 7.05 Å². The van der Waals surface area contributed by atoms with Crippen molar-refractivity contribution < 1.29 is 4.79 Å². The second kappa shape index (κ2) is 8.39. The van der Waals surface area contributed by atoms with Crippen LogP contribution in [0.15, 0.2) is 4.99 Å². The molecule has 1 spiro atoms. The third kappa shape index (κ3) is 4.66. The fraction of sp³-hybridized carbons (Fsp3) is 0.895. The van der Waals surface area contributed by atoms with E-state index in [1.54, 1.807) is 0 Å². The van der Waals surface area contributed by atoms with Crippen LogP contribution >= 0.6 is 0 Å². The summed E-state index contributed by atoms with van der Waals surface area (Å²) in [6.45, 7) is 4.78. The Hall–Kier alpha value is -1.30. The Morgan fingerprint density at radius 1 is 1.36 bits per heavy atom. The van der Waals surface area contributed by atoms with Gasteiger partial charge >= 0.3 is 0 Å². The fourth-order valence-electron chi connectivity index (χ4n) is 4.81. The van der Waals surface area contributed by atoms with Crippen LogP contribution in [-0.4, -0.2) is 74.5 Å². The van der Waals surface area contributed by atoms with Crippen LogP contribution in [0, 0.1) is 5.41 Å². The summed E-state index contributed by atoms with van der Waals surface area (Å²) in [6, 6.07) is 0.756. The lowest BCUT2D eigenvalue weighted by molar-refractivity contribution is -0.119. The van der Waals surface area contributed by atoms with Gasteiger partial charge in [0, 0.05) is 57.6 Å². The first-order chi connectivity index (χ1) is 12.1. The van der Waals surface area contributed by atoms with Crippen LogP contribution in [0.3, 0.4) is 0 Å². The molecule has 1 unspecified atom stereocenters. The molecule has 2 N–H and O–H groups in total. The summed E-state index contributed by atoms with van der Waals surface area (Å²) in [5, 5.41) is 6.58. The van der Waals surface area contributed by atoms with Crippen LogP contribution in [0.25, 0.3) is 0 Å². The molecule has 1 aliphatic carbocycles. The van der Waals surface area contributed by atoms with Gasteiger partial charge in [-0.15, -0.1) is 0 Å². The molecule has 1 saturated carbocycles. The minimum atomic E-state index is 0.117. The number of likely N-dealkylation sites (N-methyl/N-ethyl adjacent to an activating group) is 1. The Balaban J connectivity index is 1.46. The summed E-state index contributed by atoms with van der Waals surface area (Å²) in [5.74, 6) is 1.20. The van der Waals surface area contributed by atoms with E-state index in [2.05, 4.69) is 32.5 Å². The smallest absolute Gasteiger partial charge is 0.220 e. The second-order valence-corrected chi connectivity index (χ2v) is 8.23. The van der Waals surface area contributed by atoms with Gasteiger partial charge in [-0.25, -0.2) is 0 Å². The lowest BCUT2D eigenvalue weighted by Gasteiger charge is -2.41. The molecule has 3 aliphatic rings. The standard InChI is InChI=1S/C19H35N5O/c1-20-18(21-10-12-23(2)16-7-4-3-5-8-16)24-11-6-9-19(15-24)13-17(25)22-14-19/h16H,3-15H2,1-2H3,(H,20,21)(H,22,25). The molecule has 25 heavy (non-hydrogen) atoms. The topological polar surface area (TPSA) is 60.0 Å². The number of guanidine groups is 1. The molecule has 3 rings (SSSR count). The van der Waals surface area contributed by atoms with Gasteiger partial charge in [0.15, 0.2) is 5.96 Å².